The highest BCUT2D eigenvalue weighted by Crippen LogP contribution is 2.28. The van der Waals surface area contributed by atoms with Gasteiger partial charge in [-0.15, -0.1) is 11.3 Å². The van der Waals surface area contributed by atoms with E-state index in [2.05, 4.69) is 4.98 Å². The second-order valence-electron chi connectivity index (χ2n) is 4.38. The molecule has 5 nitrogen and oxygen atoms in total. The third kappa shape index (κ3) is 1.88. The number of fused-ring (bicyclic) bond motifs is 1. The molecule has 0 amide bonds. The zero-order chi connectivity index (χ0) is 14.4. The van der Waals surface area contributed by atoms with E-state index in [9.17, 15) is 9.59 Å². The molecule has 2 heterocycles. The van der Waals surface area contributed by atoms with Gasteiger partial charge in [-0.25, -0.2) is 9.78 Å². The predicted octanol–water partition coefficient (Wildman–Crippen LogP) is 2.01. The quantitative estimate of drug-likeness (QED) is 0.691. The molecule has 7 heteroatoms. The Hall–Kier alpha value is -1.92. The summed E-state index contributed by atoms with van der Waals surface area (Å²) in [5.41, 5.74) is 0.578. The van der Waals surface area contributed by atoms with Crippen molar-refractivity contribution in [1.82, 2.24) is 14.1 Å². The summed E-state index contributed by atoms with van der Waals surface area (Å²) < 4.78 is 2.94. The van der Waals surface area contributed by atoms with Crippen LogP contribution in [0.25, 0.3) is 20.9 Å². The van der Waals surface area contributed by atoms with Crippen molar-refractivity contribution < 1.29 is 0 Å². The van der Waals surface area contributed by atoms with Crippen LogP contribution in [0.1, 0.15) is 0 Å². The number of thiazole rings is 1. The Bertz CT molecular complexity index is 922. The Labute approximate surface area is 122 Å². The lowest BCUT2D eigenvalue weighted by molar-refractivity contribution is 0.710. The van der Waals surface area contributed by atoms with Crippen LogP contribution in [-0.4, -0.2) is 14.1 Å². The lowest BCUT2D eigenvalue weighted by Crippen LogP contribution is -2.36. The Morgan fingerprint density at radius 3 is 2.40 bits per heavy atom. The first-order chi connectivity index (χ1) is 9.49. The normalized spacial score (nSPS) is 11.2. The first-order valence-corrected chi connectivity index (χ1v) is 7.01. The summed E-state index contributed by atoms with van der Waals surface area (Å²) in [6.07, 6.45) is 0. The van der Waals surface area contributed by atoms with Crippen LogP contribution in [0.15, 0.2) is 33.9 Å². The maximum Gasteiger partial charge on any atom is 0.332 e. The average Bonchev–Trinajstić information content (AvgIpc) is 2.89. The third-order valence-corrected chi connectivity index (χ3v) is 4.42. The van der Waals surface area contributed by atoms with Gasteiger partial charge in [-0.1, -0.05) is 23.7 Å². The molecular formula is C13H10ClN3O2S. The molecule has 0 aliphatic carbocycles. The molecule has 0 bridgehead atoms. The number of nitrogens with zero attached hydrogens (tertiary/aromatic N) is 3. The Balaban J connectivity index is 2.34. The van der Waals surface area contributed by atoms with Crippen molar-refractivity contribution in [2.24, 2.45) is 14.1 Å². The van der Waals surface area contributed by atoms with Gasteiger partial charge in [0.25, 0.3) is 5.56 Å². The average molecular weight is 308 g/mol. The SMILES string of the molecule is Cn1c(=O)c2sc(-c3ccc(Cl)cc3)nc2n(C)c1=O. The second kappa shape index (κ2) is 4.57. The zero-order valence-electron chi connectivity index (χ0n) is 10.8. The van der Waals surface area contributed by atoms with E-state index in [4.69, 9.17) is 11.6 Å². The fourth-order valence-corrected chi connectivity index (χ4v) is 3.15. The van der Waals surface area contributed by atoms with E-state index >= 15 is 0 Å². The first-order valence-electron chi connectivity index (χ1n) is 5.81. The summed E-state index contributed by atoms with van der Waals surface area (Å²) in [6, 6.07) is 7.20. The molecule has 0 saturated carbocycles. The number of hydrogen-bond donors (Lipinski definition) is 0. The summed E-state index contributed by atoms with van der Waals surface area (Å²) in [7, 11) is 3.07. The molecule has 0 spiro atoms. The Kier molecular flexibility index (Phi) is 2.99. The molecule has 0 unspecified atom stereocenters. The molecule has 20 heavy (non-hydrogen) atoms. The molecule has 0 radical (unpaired) electrons. The van der Waals surface area contributed by atoms with E-state index < -0.39 is 0 Å². The standard InChI is InChI=1S/C13H10ClN3O2S/c1-16-10-9(12(18)17(2)13(16)19)20-11(15-10)7-3-5-8(14)6-4-7/h3-6H,1-2H3. The van der Waals surface area contributed by atoms with Crippen LogP contribution < -0.4 is 11.2 Å². The monoisotopic (exact) mass is 307 g/mol. The largest absolute Gasteiger partial charge is 0.332 e. The van der Waals surface area contributed by atoms with Gasteiger partial charge in [0.2, 0.25) is 0 Å². The molecule has 0 aliphatic rings. The maximum absolute atomic E-state index is 12.1. The van der Waals surface area contributed by atoms with Gasteiger partial charge in [0.05, 0.1) is 0 Å². The molecule has 0 atom stereocenters. The van der Waals surface area contributed by atoms with Crippen molar-refractivity contribution in [2.45, 2.75) is 0 Å². The maximum atomic E-state index is 12.1. The van der Waals surface area contributed by atoms with Crippen molar-refractivity contribution >= 4 is 33.3 Å². The topological polar surface area (TPSA) is 56.9 Å². The van der Waals surface area contributed by atoms with Crippen LogP contribution in [0, 0.1) is 0 Å². The summed E-state index contributed by atoms with van der Waals surface area (Å²) in [5.74, 6) is 0. The van der Waals surface area contributed by atoms with E-state index in [1.54, 1.807) is 19.2 Å². The molecule has 102 valence electrons. The van der Waals surface area contributed by atoms with Gasteiger partial charge in [0.15, 0.2) is 5.65 Å². The summed E-state index contributed by atoms with van der Waals surface area (Å²) >= 11 is 7.13. The van der Waals surface area contributed by atoms with Gasteiger partial charge in [-0.2, -0.15) is 0 Å². The molecule has 0 aliphatic heterocycles. The highest BCUT2D eigenvalue weighted by molar-refractivity contribution is 7.21. The molecule has 3 aromatic rings. The van der Waals surface area contributed by atoms with Crippen LogP contribution in [0.2, 0.25) is 5.02 Å². The van der Waals surface area contributed by atoms with Crippen molar-refractivity contribution in [3.8, 4) is 10.6 Å². The van der Waals surface area contributed by atoms with E-state index in [1.807, 2.05) is 12.1 Å². The second-order valence-corrected chi connectivity index (χ2v) is 5.82. The fraction of sp³-hybridized carbons (Fsp3) is 0.154. The highest BCUT2D eigenvalue weighted by Gasteiger charge is 2.14. The Morgan fingerprint density at radius 1 is 1.10 bits per heavy atom. The number of rotatable bonds is 1. The lowest BCUT2D eigenvalue weighted by Gasteiger charge is -2.00. The number of halogens is 1. The number of aromatic nitrogens is 3. The van der Waals surface area contributed by atoms with Crippen LogP contribution in [-0.2, 0) is 14.1 Å². The van der Waals surface area contributed by atoms with Crippen LogP contribution in [0.5, 0.6) is 0 Å². The number of benzene rings is 1. The molecule has 0 saturated heterocycles. The lowest BCUT2D eigenvalue weighted by atomic mass is 10.2. The van der Waals surface area contributed by atoms with E-state index in [0.717, 1.165) is 10.1 Å². The van der Waals surface area contributed by atoms with Gasteiger partial charge >= 0.3 is 5.69 Å². The van der Waals surface area contributed by atoms with E-state index in [1.165, 1.54) is 23.0 Å². The molecule has 2 aromatic heterocycles. The first kappa shape index (κ1) is 13.1. The minimum atomic E-state index is -0.379. The molecule has 0 N–H and O–H groups in total. The Morgan fingerprint density at radius 2 is 1.75 bits per heavy atom. The highest BCUT2D eigenvalue weighted by atomic mass is 35.5. The minimum absolute atomic E-state index is 0.319. The predicted molar refractivity (Wildman–Crippen MR) is 80.5 cm³/mol. The van der Waals surface area contributed by atoms with Gasteiger partial charge in [-0.3, -0.25) is 13.9 Å². The third-order valence-electron chi connectivity index (χ3n) is 3.09. The van der Waals surface area contributed by atoms with Gasteiger partial charge in [0.1, 0.15) is 9.71 Å². The van der Waals surface area contributed by atoms with E-state index in [-0.39, 0.29) is 11.2 Å². The summed E-state index contributed by atoms with van der Waals surface area (Å²) in [4.78, 5) is 28.4. The van der Waals surface area contributed by atoms with Gasteiger partial charge < -0.3 is 0 Å². The van der Waals surface area contributed by atoms with Crippen LogP contribution in [0.4, 0.5) is 0 Å². The minimum Gasteiger partial charge on any atom is -0.280 e. The molecule has 0 fully saturated rings. The van der Waals surface area contributed by atoms with Crippen molar-refractivity contribution in [3.05, 3.63) is 50.1 Å². The fourth-order valence-electron chi connectivity index (χ4n) is 1.95. The van der Waals surface area contributed by atoms with E-state index in [0.29, 0.717) is 20.4 Å². The molecule has 3 rings (SSSR count). The number of hydrogen-bond acceptors (Lipinski definition) is 4. The summed E-state index contributed by atoms with van der Waals surface area (Å²) in [5, 5.41) is 1.33. The van der Waals surface area contributed by atoms with Gasteiger partial charge in [0, 0.05) is 24.7 Å². The molecule has 1 aromatic carbocycles. The summed E-state index contributed by atoms with van der Waals surface area (Å²) in [6.45, 7) is 0. The van der Waals surface area contributed by atoms with Crippen molar-refractivity contribution in [3.63, 3.8) is 0 Å². The smallest absolute Gasteiger partial charge is 0.280 e. The molecular weight excluding hydrogens is 298 g/mol. The zero-order valence-corrected chi connectivity index (χ0v) is 12.3. The van der Waals surface area contributed by atoms with Crippen molar-refractivity contribution in [1.29, 1.82) is 0 Å². The number of aryl methyl sites for hydroxylation is 1. The van der Waals surface area contributed by atoms with Crippen LogP contribution >= 0.6 is 22.9 Å². The van der Waals surface area contributed by atoms with Crippen LogP contribution in [0.3, 0.4) is 0 Å². The van der Waals surface area contributed by atoms with Gasteiger partial charge in [-0.05, 0) is 12.1 Å². The van der Waals surface area contributed by atoms with Crippen molar-refractivity contribution in [2.75, 3.05) is 0 Å².